The molecule has 2 rings (SSSR count). The fraction of sp³-hybridized carbons (Fsp3) is 0.263. The van der Waals surface area contributed by atoms with E-state index < -0.39 is 12.1 Å². The first-order chi connectivity index (χ1) is 12.1. The highest BCUT2D eigenvalue weighted by atomic mass is 16.6. The maximum Gasteiger partial charge on any atom is 0.414 e. The summed E-state index contributed by atoms with van der Waals surface area (Å²) in [6.07, 6.45) is -0.195. The molecule has 1 amide bonds. The lowest BCUT2D eigenvalue weighted by atomic mass is 10.2. The molecule has 0 unspecified atom stereocenters. The van der Waals surface area contributed by atoms with E-state index >= 15 is 0 Å². The molecule has 2 aromatic carbocycles. The molecule has 2 aromatic rings. The number of rotatable bonds is 8. The lowest BCUT2D eigenvalue weighted by Gasteiger charge is -2.22. The minimum absolute atomic E-state index is 0.0153. The van der Waals surface area contributed by atoms with Gasteiger partial charge < -0.3 is 14.6 Å². The van der Waals surface area contributed by atoms with Gasteiger partial charge in [0.25, 0.3) is 0 Å². The second kappa shape index (κ2) is 9.32. The fourth-order valence-corrected chi connectivity index (χ4v) is 2.27. The number of aliphatic carboxylic acids is 1. The molecule has 132 valence electrons. The maximum absolute atomic E-state index is 12.5. The van der Waals surface area contributed by atoms with Crippen molar-refractivity contribution in [1.82, 2.24) is 0 Å². The highest BCUT2D eigenvalue weighted by Crippen LogP contribution is 2.21. The molecule has 0 fully saturated rings. The van der Waals surface area contributed by atoms with E-state index in [0.29, 0.717) is 17.9 Å². The van der Waals surface area contributed by atoms with E-state index in [2.05, 4.69) is 0 Å². The van der Waals surface area contributed by atoms with E-state index in [1.807, 2.05) is 30.3 Å². The van der Waals surface area contributed by atoms with Crippen molar-refractivity contribution < 1.29 is 24.2 Å². The van der Waals surface area contributed by atoms with Crippen LogP contribution in [0.5, 0.6) is 5.75 Å². The Kier molecular flexibility index (Phi) is 6.83. The van der Waals surface area contributed by atoms with Gasteiger partial charge in [0.05, 0.1) is 7.11 Å². The number of nitrogens with zero attached hydrogens (tertiary/aromatic N) is 1. The van der Waals surface area contributed by atoms with Crippen LogP contribution in [0.2, 0.25) is 0 Å². The predicted octanol–water partition coefficient (Wildman–Crippen LogP) is 3.70. The molecule has 6 heteroatoms. The summed E-state index contributed by atoms with van der Waals surface area (Å²) in [6, 6.07) is 16.3. The zero-order valence-corrected chi connectivity index (χ0v) is 14.1. The number of hydrogen-bond acceptors (Lipinski definition) is 4. The Hall–Kier alpha value is -3.02. The standard InChI is InChI=1S/C19H21NO5/c1-24-17-11-9-16(10-12-17)20(13-5-8-18(21)22)19(23)25-14-15-6-3-2-4-7-15/h2-4,6-7,9-12H,5,8,13-14H2,1H3,(H,21,22). The summed E-state index contributed by atoms with van der Waals surface area (Å²) < 4.78 is 10.5. The van der Waals surface area contributed by atoms with Gasteiger partial charge in [-0.15, -0.1) is 0 Å². The van der Waals surface area contributed by atoms with Gasteiger partial charge in [0, 0.05) is 18.7 Å². The van der Waals surface area contributed by atoms with Gasteiger partial charge in [-0.2, -0.15) is 0 Å². The van der Waals surface area contributed by atoms with E-state index in [1.165, 1.54) is 4.90 Å². The van der Waals surface area contributed by atoms with E-state index in [9.17, 15) is 9.59 Å². The first-order valence-electron chi connectivity index (χ1n) is 7.94. The highest BCUT2D eigenvalue weighted by Gasteiger charge is 2.18. The SMILES string of the molecule is COc1ccc(N(CCCC(=O)O)C(=O)OCc2ccccc2)cc1. The van der Waals surface area contributed by atoms with Crippen molar-refractivity contribution >= 4 is 17.7 Å². The smallest absolute Gasteiger partial charge is 0.414 e. The quantitative estimate of drug-likeness (QED) is 0.791. The molecule has 0 aliphatic rings. The summed E-state index contributed by atoms with van der Waals surface area (Å²) in [6.45, 7) is 0.414. The van der Waals surface area contributed by atoms with Gasteiger partial charge in [-0.25, -0.2) is 4.79 Å². The van der Waals surface area contributed by atoms with Gasteiger partial charge in [-0.05, 0) is 36.2 Å². The van der Waals surface area contributed by atoms with Gasteiger partial charge in [0.15, 0.2) is 0 Å². The lowest BCUT2D eigenvalue weighted by Crippen LogP contribution is -2.32. The molecular weight excluding hydrogens is 322 g/mol. The summed E-state index contributed by atoms with van der Waals surface area (Å²) in [7, 11) is 1.56. The maximum atomic E-state index is 12.5. The van der Waals surface area contributed by atoms with Gasteiger partial charge in [-0.1, -0.05) is 30.3 Å². The van der Waals surface area contributed by atoms with E-state index in [0.717, 1.165) is 5.56 Å². The van der Waals surface area contributed by atoms with Gasteiger partial charge in [0.2, 0.25) is 0 Å². The Morgan fingerprint density at radius 2 is 1.72 bits per heavy atom. The number of anilines is 1. The van der Waals surface area contributed by atoms with Crippen LogP contribution in [0.15, 0.2) is 54.6 Å². The average molecular weight is 343 g/mol. The monoisotopic (exact) mass is 343 g/mol. The molecule has 0 saturated carbocycles. The van der Waals surface area contributed by atoms with E-state index in [-0.39, 0.29) is 19.6 Å². The second-order valence-electron chi connectivity index (χ2n) is 5.39. The number of amides is 1. The minimum Gasteiger partial charge on any atom is -0.497 e. The third-order valence-corrected chi connectivity index (χ3v) is 3.58. The molecule has 0 radical (unpaired) electrons. The Labute approximate surface area is 146 Å². The topological polar surface area (TPSA) is 76.1 Å². The largest absolute Gasteiger partial charge is 0.497 e. The number of ether oxygens (including phenoxy) is 2. The molecule has 6 nitrogen and oxygen atoms in total. The minimum atomic E-state index is -0.896. The number of carbonyl (C=O) groups excluding carboxylic acids is 1. The molecule has 25 heavy (non-hydrogen) atoms. The zero-order valence-electron chi connectivity index (χ0n) is 14.1. The second-order valence-corrected chi connectivity index (χ2v) is 5.39. The molecule has 1 N–H and O–H groups in total. The number of carbonyl (C=O) groups is 2. The van der Waals surface area contributed by atoms with Gasteiger partial charge in [-0.3, -0.25) is 9.69 Å². The molecular formula is C19H21NO5. The molecule has 0 bridgehead atoms. The van der Waals surface area contributed by atoms with Gasteiger partial charge in [0.1, 0.15) is 12.4 Å². The summed E-state index contributed by atoms with van der Waals surface area (Å²) in [5.74, 6) is -0.223. The van der Waals surface area contributed by atoms with Crippen LogP contribution in [0.3, 0.4) is 0 Å². The first-order valence-corrected chi connectivity index (χ1v) is 7.94. The van der Waals surface area contributed by atoms with Crippen molar-refractivity contribution in [2.45, 2.75) is 19.4 Å². The summed E-state index contributed by atoms with van der Waals surface area (Å²) >= 11 is 0. The normalized spacial score (nSPS) is 10.1. The fourth-order valence-electron chi connectivity index (χ4n) is 2.27. The zero-order chi connectivity index (χ0) is 18.1. The Balaban J connectivity index is 2.05. The predicted molar refractivity (Wildman–Crippen MR) is 93.8 cm³/mol. The van der Waals surface area contributed by atoms with Crippen LogP contribution in [0.25, 0.3) is 0 Å². The highest BCUT2D eigenvalue weighted by molar-refractivity contribution is 5.87. The van der Waals surface area contributed by atoms with Gasteiger partial charge >= 0.3 is 12.1 Å². The van der Waals surface area contributed by atoms with Crippen LogP contribution in [0.1, 0.15) is 18.4 Å². The lowest BCUT2D eigenvalue weighted by molar-refractivity contribution is -0.137. The number of methoxy groups -OCH3 is 1. The summed E-state index contributed by atoms with van der Waals surface area (Å²) in [5.41, 5.74) is 1.51. The number of benzene rings is 2. The van der Waals surface area contributed by atoms with Crippen LogP contribution in [-0.2, 0) is 16.1 Å². The summed E-state index contributed by atoms with van der Waals surface area (Å²) in [5, 5.41) is 8.80. The Morgan fingerprint density at radius 3 is 2.32 bits per heavy atom. The van der Waals surface area contributed by atoms with Crippen LogP contribution in [0.4, 0.5) is 10.5 Å². The molecule has 0 spiro atoms. The van der Waals surface area contributed by atoms with Crippen LogP contribution in [0, 0.1) is 0 Å². The third-order valence-electron chi connectivity index (χ3n) is 3.58. The average Bonchev–Trinajstić information content (AvgIpc) is 2.64. The Morgan fingerprint density at radius 1 is 1.04 bits per heavy atom. The molecule has 0 aromatic heterocycles. The van der Waals surface area contributed by atoms with Crippen molar-refractivity contribution in [2.75, 3.05) is 18.6 Å². The number of hydrogen-bond donors (Lipinski definition) is 1. The van der Waals surface area contributed by atoms with Crippen LogP contribution >= 0.6 is 0 Å². The van der Waals surface area contributed by atoms with Crippen LogP contribution in [-0.4, -0.2) is 30.8 Å². The van der Waals surface area contributed by atoms with E-state index in [1.54, 1.807) is 31.4 Å². The van der Waals surface area contributed by atoms with Crippen molar-refractivity contribution in [3.05, 3.63) is 60.2 Å². The van der Waals surface area contributed by atoms with E-state index in [4.69, 9.17) is 14.6 Å². The number of carboxylic acid groups (broad SMARTS) is 1. The van der Waals surface area contributed by atoms with Crippen molar-refractivity contribution in [3.8, 4) is 5.75 Å². The van der Waals surface area contributed by atoms with Crippen LogP contribution < -0.4 is 9.64 Å². The molecule has 0 atom stereocenters. The first kappa shape index (κ1) is 18.3. The molecule has 0 aliphatic carbocycles. The molecule has 0 aliphatic heterocycles. The summed E-state index contributed by atoms with van der Waals surface area (Å²) in [4.78, 5) is 24.6. The van der Waals surface area contributed by atoms with Crippen molar-refractivity contribution in [1.29, 1.82) is 0 Å². The Bertz CT molecular complexity index is 685. The molecule has 0 heterocycles. The van der Waals surface area contributed by atoms with Crippen molar-refractivity contribution in [2.24, 2.45) is 0 Å². The third kappa shape index (κ3) is 5.84. The van der Waals surface area contributed by atoms with Crippen molar-refractivity contribution in [3.63, 3.8) is 0 Å². The number of carboxylic acids is 1. The molecule has 0 saturated heterocycles.